The Morgan fingerprint density at radius 2 is 2.18 bits per heavy atom. The number of nitrogens with zero attached hydrogens (tertiary/aromatic N) is 4. The molecule has 0 radical (unpaired) electrons. The van der Waals surface area contributed by atoms with Crippen LogP contribution in [0.2, 0.25) is 0 Å². The quantitative estimate of drug-likeness (QED) is 0.616. The van der Waals surface area contributed by atoms with E-state index in [1.54, 1.807) is 11.0 Å². The SMILES string of the molecule is CCCCc1ccc2c(N)c(C(=O)Nc3c[n+](N4CCCCC4)no3)sc2n1. The molecule has 3 aromatic heterocycles. The van der Waals surface area contributed by atoms with E-state index in [0.717, 1.165) is 61.1 Å². The van der Waals surface area contributed by atoms with E-state index in [1.807, 2.05) is 12.1 Å². The zero-order valence-corrected chi connectivity index (χ0v) is 16.8. The lowest BCUT2D eigenvalue weighted by Crippen LogP contribution is -2.60. The van der Waals surface area contributed by atoms with Gasteiger partial charge in [0.1, 0.15) is 9.71 Å². The van der Waals surface area contributed by atoms with Crippen molar-refractivity contribution in [2.45, 2.75) is 45.4 Å². The van der Waals surface area contributed by atoms with Gasteiger partial charge in [0.05, 0.1) is 23.6 Å². The molecule has 3 N–H and O–H groups in total. The van der Waals surface area contributed by atoms with Gasteiger partial charge in [-0.2, -0.15) is 5.01 Å². The second kappa shape index (κ2) is 8.14. The lowest BCUT2D eigenvalue weighted by Gasteiger charge is -2.17. The summed E-state index contributed by atoms with van der Waals surface area (Å²) >= 11 is 1.31. The highest BCUT2D eigenvalue weighted by Crippen LogP contribution is 2.33. The van der Waals surface area contributed by atoms with Crippen molar-refractivity contribution in [3.05, 3.63) is 28.9 Å². The van der Waals surface area contributed by atoms with E-state index in [0.29, 0.717) is 16.4 Å². The normalized spacial score (nSPS) is 14.5. The number of nitrogens with two attached hydrogens (primary N) is 1. The molecule has 4 rings (SSSR count). The van der Waals surface area contributed by atoms with Crippen molar-refractivity contribution in [2.75, 3.05) is 29.1 Å². The van der Waals surface area contributed by atoms with Crippen LogP contribution in [0.3, 0.4) is 0 Å². The summed E-state index contributed by atoms with van der Waals surface area (Å²) in [6.07, 6.45) is 8.33. The topological polar surface area (TPSA) is 101 Å². The Balaban J connectivity index is 1.50. The van der Waals surface area contributed by atoms with Crippen LogP contribution in [0.1, 0.15) is 54.4 Å². The van der Waals surface area contributed by atoms with Gasteiger partial charge < -0.3 is 5.73 Å². The van der Waals surface area contributed by atoms with Gasteiger partial charge in [-0.3, -0.25) is 14.6 Å². The number of unbranched alkanes of at least 4 members (excludes halogenated alkanes) is 1. The molecule has 1 saturated heterocycles. The number of aryl methyl sites for hydroxylation is 1. The van der Waals surface area contributed by atoms with Crippen molar-refractivity contribution in [1.29, 1.82) is 0 Å². The lowest BCUT2D eigenvalue weighted by molar-refractivity contribution is -0.759. The highest BCUT2D eigenvalue weighted by Gasteiger charge is 2.25. The number of amides is 1. The van der Waals surface area contributed by atoms with E-state index in [1.165, 1.54) is 17.8 Å². The maximum absolute atomic E-state index is 12.7. The average molecular weight is 402 g/mol. The zero-order valence-electron chi connectivity index (χ0n) is 16.0. The van der Waals surface area contributed by atoms with Crippen LogP contribution in [0.4, 0.5) is 11.6 Å². The number of hydrogen-bond acceptors (Lipinski definition) is 7. The van der Waals surface area contributed by atoms with E-state index in [-0.39, 0.29) is 5.91 Å². The first kappa shape index (κ1) is 18.7. The first-order chi connectivity index (χ1) is 13.7. The first-order valence-corrected chi connectivity index (χ1v) is 10.6. The summed E-state index contributed by atoms with van der Waals surface area (Å²) < 4.78 is 5.27. The number of fused-ring (bicyclic) bond motifs is 1. The standard InChI is InChI=1S/C19H24N6O2S/c1-2-3-7-13-8-9-14-16(20)17(28-19(14)21-13)18(26)22-15-12-25(23-27-15)24-10-5-4-6-11-24/h8-9,12H,2-7,10-11H2,1H3,(H2-,20,22,23,26)/p+1. The van der Waals surface area contributed by atoms with Gasteiger partial charge in [-0.1, -0.05) is 13.3 Å². The fraction of sp³-hybridized carbons (Fsp3) is 0.474. The second-order valence-electron chi connectivity index (χ2n) is 7.06. The molecule has 1 fully saturated rings. The average Bonchev–Trinajstić information content (AvgIpc) is 3.31. The van der Waals surface area contributed by atoms with E-state index in [4.69, 9.17) is 10.3 Å². The minimum absolute atomic E-state index is 0.295. The lowest BCUT2D eigenvalue weighted by atomic mass is 10.1. The van der Waals surface area contributed by atoms with Crippen LogP contribution < -0.4 is 20.9 Å². The summed E-state index contributed by atoms with van der Waals surface area (Å²) in [5.74, 6) is -0.0124. The van der Waals surface area contributed by atoms with Crippen LogP contribution in [0.5, 0.6) is 0 Å². The van der Waals surface area contributed by atoms with Gasteiger partial charge in [0.25, 0.3) is 12.1 Å². The molecule has 0 aliphatic carbocycles. The molecule has 3 aromatic rings. The molecule has 0 atom stereocenters. The smallest absolute Gasteiger partial charge is 0.306 e. The molecule has 0 spiro atoms. The van der Waals surface area contributed by atoms with Crippen LogP contribution in [0.15, 0.2) is 22.9 Å². The Labute approximate surface area is 167 Å². The molecule has 0 unspecified atom stereocenters. The summed E-state index contributed by atoms with van der Waals surface area (Å²) in [6.45, 7) is 4.02. The number of carbonyl (C=O) groups excluding carboxylic acids is 1. The number of pyridine rings is 1. The molecular weight excluding hydrogens is 376 g/mol. The third kappa shape index (κ3) is 3.80. The predicted octanol–water partition coefficient (Wildman–Crippen LogP) is 2.87. The van der Waals surface area contributed by atoms with Crippen molar-refractivity contribution in [3.63, 3.8) is 0 Å². The zero-order chi connectivity index (χ0) is 19.5. The van der Waals surface area contributed by atoms with Crippen LogP contribution in [-0.4, -0.2) is 29.3 Å². The van der Waals surface area contributed by atoms with Gasteiger partial charge in [-0.05, 0) is 44.2 Å². The summed E-state index contributed by atoms with van der Waals surface area (Å²) in [6, 6.07) is 3.94. The van der Waals surface area contributed by atoms with Gasteiger partial charge in [0, 0.05) is 11.1 Å². The molecule has 8 nitrogen and oxygen atoms in total. The Hall–Kier alpha value is -2.68. The van der Waals surface area contributed by atoms with Gasteiger partial charge in [0.15, 0.2) is 0 Å². The van der Waals surface area contributed by atoms with E-state index in [2.05, 4.69) is 27.5 Å². The highest BCUT2D eigenvalue weighted by molar-refractivity contribution is 7.21. The molecule has 148 valence electrons. The Morgan fingerprint density at radius 3 is 2.96 bits per heavy atom. The maximum Gasteiger partial charge on any atom is 0.306 e. The Kier molecular flexibility index (Phi) is 5.43. The molecule has 0 aromatic carbocycles. The third-order valence-corrected chi connectivity index (χ3v) is 6.07. The van der Waals surface area contributed by atoms with Crippen LogP contribution in [0.25, 0.3) is 10.2 Å². The van der Waals surface area contributed by atoms with Crippen molar-refractivity contribution < 1.29 is 14.1 Å². The molecule has 4 heterocycles. The van der Waals surface area contributed by atoms with Crippen molar-refractivity contribution >= 4 is 39.0 Å². The molecular formula is C19H25N6O2S+. The second-order valence-corrected chi connectivity index (χ2v) is 8.06. The minimum Gasteiger partial charge on any atom is -0.397 e. The Morgan fingerprint density at radius 1 is 1.36 bits per heavy atom. The summed E-state index contributed by atoms with van der Waals surface area (Å²) in [5.41, 5.74) is 7.70. The van der Waals surface area contributed by atoms with Crippen LogP contribution in [0, 0.1) is 0 Å². The molecule has 0 saturated carbocycles. The van der Waals surface area contributed by atoms with Gasteiger partial charge in [-0.25, -0.2) is 4.98 Å². The summed E-state index contributed by atoms with van der Waals surface area (Å²) in [7, 11) is 0. The minimum atomic E-state index is -0.308. The van der Waals surface area contributed by atoms with Crippen LogP contribution in [-0.2, 0) is 6.42 Å². The molecule has 1 amide bonds. The van der Waals surface area contributed by atoms with E-state index in [9.17, 15) is 4.79 Å². The van der Waals surface area contributed by atoms with Gasteiger partial charge >= 0.3 is 5.88 Å². The first-order valence-electron chi connectivity index (χ1n) is 9.79. The summed E-state index contributed by atoms with van der Waals surface area (Å²) in [4.78, 5) is 20.3. The molecule has 1 aliphatic rings. The number of thiophene rings is 1. The third-order valence-electron chi connectivity index (χ3n) is 4.96. The monoisotopic (exact) mass is 401 g/mol. The molecule has 0 bridgehead atoms. The largest absolute Gasteiger partial charge is 0.397 e. The highest BCUT2D eigenvalue weighted by atomic mass is 32.1. The molecule has 1 aliphatic heterocycles. The Bertz CT molecular complexity index is 976. The van der Waals surface area contributed by atoms with E-state index < -0.39 is 0 Å². The number of rotatable bonds is 6. The van der Waals surface area contributed by atoms with Gasteiger partial charge in [-0.15, -0.1) is 11.3 Å². The van der Waals surface area contributed by atoms with E-state index >= 15 is 0 Å². The van der Waals surface area contributed by atoms with Gasteiger partial charge in [0.2, 0.25) is 5.27 Å². The summed E-state index contributed by atoms with van der Waals surface area (Å²) in [5, 5.41) is 9.67. The molecule has 9 heteroatoms. The number of nitrogens with one attached hydrogen (secondary N) is 1. The van der Waals surface area contributed by atoms with Crippen LogP contribution >= 0.6 is 11.3 Å². The number of carbonyl (C=O) groups is 1. The number of nitrogen functional groups attached to an aromatic ring is 1. The number of hydrogen-bond donors (Lipinski definition) is 2. The van der Waals surface area contributed by atoms with Crippen molar-refractivity contribution in [1.82, 2.24) is 10.3 Å². The fourth-order valence-corrected chi connectivity index (χ4v) is 4.39. The fourth-order valence-electron chi connectivity index (χ4n) is 3.38. The number of anilines is 2. The van der Waals surface area contributed by atoms with Crippen molar-refractivity contribution in [2.24, 2.45) is 0 Å². The maximum atomic E-state index is 12.7. The number of piperidine rings is 1. The predicted molar refractivity (Wildman–Crippen MR) is 109 cm³/mol. The van der Waals surface area contributed by atoms with Crippen molar-refractivity contribution in [3.8, 4) is 0 Å². The number of aromatic nitrogens is 3. The molecule has 28 heavy (non-hydrogen) atoms.